The van der Waals surface area contributed by atoms with Gasteiger partial charge in [0.15, 0.2) is 0 Å². The first-order valence-corrected chi connectivity index (χ1v) is 13.0. The molecule has 0 bridgehead atoms. The van der Waals surface area contributed by atoms with Gasteiger partial charge in [0.1, 0.15) is 6.04 Å². The molecule has 11 heteroatoms. The van der Waals surface area contributed by atoms with Gasteiger partial charge in [0.05, 0.1) is 9.79 Å². The van der Waals surface area contributed by atoms with Crippen LogP contribution in [0, 0.1) is 0 Å². The summed E-state index contributed by atoms with van der Waals surface area (Å²) in [6.07, 6.45) is 2.19. The lowest BCUT2D eigenvalue weighted by Crippen LogP contribution is -2.46. The third-order valence-electron chi connectivity index (χ3n) is 4.00. The van der Waals surface area contributed by atoms with Crippen LogP contribution >= 0.6 is 11.8 Å². The standard InChI is InChI=1S/C18H23N3O5S3/c1-27-12-11-17(21-29(25,26)16-5-3-2-4-6-16)18(22)20-13-14-7-9-15(10-8-14)28(19,23)24/h2-10,17,21H,11-13H2,1H3,(H,20,22)(H2,19,23,24). The van der Waals surface area contributed by atoms with Crippen LogP contribution in [0.3, 0.4) is 0 Å². The highest BCUT2D eigenvalue weighted by Crippen LogP contribution is 2.12. The van der Waals surface area contributed by atoms with Gasteiger partial charge in [-0.2, -0.15) is 16.5 Å². The number of nitrogens with two attached hydrogens (primary N) is 1. The molecule has 158 valence electrons. The Bertz CT molecular complexity index is 1020. The molecule has 0 aliphatic rings. The first-order chi connectivity index (χ1) is 13.6. The number of thioether (sulfide) groups is 1. The summed E-state index contributed by atoms with van der Waals surface area (Å²) in [5.74, 6) is 0.132. The Morgan fingerprint density at radius 1 is 1.00 bits per heavy atom. The van der Waals surface area contributed by atoms with Crippen molar-refractivity contribution in [1.82, 2.24) is 10.0 Å². The van der Waals surface area contributed by atoms with Crippen molar-refractivity contribution < 1.29 is 21.6 Å². The number of benzene rings is 2. The van der Waals surface area contributed by atoms with Crippen LogP contribution in [0.25, 0.3) is 0 Å². The maximum atomic E-state index is 12.6. The van der Waals surface area contributed by atoms with Crippen molar-refractivity contribution in [3.63, 3.8) is 0 Å². The van der Waals surface area contributed by atoms with Crippen molar-refractivity contribution >= 4 is 37.7 Å². The number of carbonyl (C=O) groups is 1. The van der Waals surface area contributed by atoms with Gasteiger partial charge in [-0.1, -0.05) is 30.3 Å². The van der Waals surface area contributed by atoms with E-state index in [4.69, 9.17) is 5.14 Å². The highest BCUT2D eigenvalue weighted by molar-refractivity contribution is 7.98. The second-order valence-electron chi connectivity index (χ2n) is 6.18. The SMILES string of the molecule is CSCCC(NS(=O)(=O)c1ccccc1)C(=O)NCc1ccc(S(N)(=O)=O)cc1. The van der Waals surface area contributed by atoms with Gasteiger partial charge >= 0.3 is 0 Å². The number of hydrogen-bond acceptors (Lipinski definition) is 6. The molecule has 0 fully saturated rings. The van der Waals surface area contributed by atoms with Crippen LogP contribution < -0.4 is 15.2 Å². The lowest BCUT2D eigenvalue weighted by atomic mass is 10.2. The monoisotopic (exact) mass is 457 g/mol. The van der Waals surface area contributed by atoms with Crippen LogP contribution in [0.4, 0.5) is 0 Å². The molecule has 0 spiro atoms. The summed E-state index contributed by atoms with van der Waals surface area (Å²) in [6, 6.07) is 12.7. The quantitative estimate of drug-likeness (QED) is 0.488. The first-order valence-electron chi connectivity index (χ1n) is 8.59. The van der Waals surface area contributed by atoms with Gasteiger partial charge in [-0.15, -0.1) is 0 Å². The summed E-state index contributed by atoms with van der Waals surface area (Å²) in [6.45, 7) is 0.118. The van der Waals surface area contributed by atoms with E-state index in [0.29, 0.717) is 17.7 Å². The molecule has 0 aliphatic carbocycles. The number of nitrogens with one attached hydrogen (secondary N) is 2. The van der Waals surface area contributed by atoms with E-state index in [0.717, 1.165) is 0 Å². The van der Waals surface area contributed by atoms with Gasteiger partial charge < -0.3 is 5.32 Å². The Balaban J connectivity index is 2.07. The molecule has 0 heterocycles. The molecule has 0 aliphatic heterocycles. The van der Waals surface area contributed by atoms with Crippen LogP contribution in [0.15, 0.2) is 64.4 Å². The van der Waals surface area contributed by atoms with Crippen molar-refractivity contribution in [3.8, 4) is 0 Å². The highest BCUT2D eigenvalue weighted by atomic mass is 32.2. The highest BCUT2D eigenvalue weighted by Gasteiger charge is 2.25. The summed E-state index contributed by atoms with van der Waals surface area (Å²) in [5.41, 5.74) is 0.653. The van der Waals surface area contributed by atoms with E-state index in [1.54, 1.807) is 18.2 Å². The molecule has 0 saturated carbocycles. The second kappa shape index (κ2) is 10.2. The summed E-state index contributed by atoms with van der Waals surface area (Å²) in [7, 11) is -7.63. The van der Waals surface area contributed by atoms with Crippen LogP contribution in [0.5, 0.6) is 0 Å². The fourth-order valence-electron chi connectivity index (χ4n) is 2.44. The molecule has 2 aromatic carbocycles. The predicted octanol–water partition coefficient (Wildman–Crippen LogP) is 1.05. The molecule has 1 atom stereocenters. The normalized spacial score (nSPS) is 13.0. The third kappa shape index (κ3) is 7.12. The molecule has 1 amide bonds. The largest absolute Gasteiger partial charge is 0.351 e. The Morgan fingerprint density at radius 3 is 2.17 bits per heavy atom. The van der Waals surface area contributed by atoms with Crippen LogP contribution in [-0.2, 0) is 31.4 Å². The maximum Gasteiger partial charge on any atom is 0.241 e. The average molecular weight is 458 g/mol. The Kier molecular flexibility index (Phi) is 8.23. The zero-order valence-corrected chi connectivity index (χ0v) is 18.2. The van der Waals surface area contributed by atoms with Crippen LogP contribution in [0.2, 0.25) is 0 Å². The van der Waals surface area contributed by atoms with E-state index in [1.807, 2.05) is 6.26 Å². The minimum atomic E-state index is -3.84. The fraction of sp³-hybridized carbons (Fsp3) is 0.278. The Labute approximate surface area is 175 Å². The number of rotatable bonds is 10. The van der Waals surface area contributed by atoms with Gasteiger partial charge in [0, 0.05) is 6.54 Å². The smallest absolute Gasteiger partial charge is 0.241 e. The topological polar surface area (TPSA) is 135 Å². The molecular weight excluding hydrogens is 434 g/mol. The van der Waals surface area contributed by atoms with E-state index in [-0.39, 0.29) is 16.3 Å². The zero-order chi connectivity index (χ0) is 21.5. The number of amides is 1. The van der Waals surface area contributed by atoms with Gasteiger partial charge in [0.25, 0.3) is 0 Å². The molecule has 4 N–H and O–H groups in total. The van der Waals surface area contributed by atoms with Gasteiger partial charge in [-0.05, 0) is 48.3 Å². The van der Waals surface area contributed by atoms with E-state index >= 15 is 0 Å². The molecule has 2 rings (SSSR count). The molecule has 1 unspecified atom stereocenters. The lowest BCUT2D eigenvalue weighted by molar-refractivity contribution is -0.122. The molecule has 8 nitrogen and oxygen atoms in total. The van der Waals surface area contributed by atoms with E-state index < -0.39 is 32.0 Å². The number of primary sulfonamides is 1. The zero-order valence-electron chi connectivity index (χ0n) is 15.7. The van der Waals surface area contributed by atoms with E-state index in [2.05, 4.69) is 10.0 Å². The second-order valence-corrected chi connectivity index (χ2v) is 10.4. The molecule has 29 heavy (non-hydrogen) atoms. The van der Waals surface area contributed by atoms with Gasteiger partial charge in [-0.25, -0.2) is 22.0 Å². The van der Waals surface area contributed by atoms with Gasteiger partial charge in [-0.3, -0.25) is 4.79 Å². The average Bonchev–Trinajstić information content (AvgIpc) is 2.69. The van der Waals surface area contributed by atoms with E-state index in [1.165, 1.54) is 48.2 Å². The lowest BCUT2D eigenvalue weighted by Gasteiger charge is -2.18. The minimum absolute atomic E-state index is 0.0268. The fourth-order valence-corrected chi connectivity index (χ4v) is 4.68. The minimum Gasteiger partial charge on any atom is -0.351 e. The molecule has 0 aromatic heterocycles. The predicted molar refractivity (Wildman–Crippen MR) is 113 cm³/mol. The maximum absolute atomic E-state index is 12.6. The number of hydrogen-bond donors (Lipinski definition) is 3. The summed E-state index contributed by atoms with van der Waals surface area (Å²) >= 11 is 1.50. The summed E-state index contributed by atoms with van der Waals surface area (Å²) < 4.78 is 50.1. The van der Waals surface area contributed by atoms with Crippen molar-refractivity contribution in [3.05, 3.63) is 60.2 Å². The van der Waals surface area contributed by atoms with Gasteiger partial charge in [0.2, 0.25) is 26.0 Å². The third-order valence-corrected chi connectivity index (χ3v) is 7.06. The summed E-state index contributed by atoms with van der Waals surface area (Å²) in [4.78, 5) is 12.7. The summed E-state index contributed by atoms with van der Waals surface area (Å²) in [5, 5.41) is 7.74. The van der Waals surface area contributed by atoms with Crippen molar-refractivity contribution in [2.24, 2.45) is 5.14 Å². The number of sulfonamides is 2. The Hall–Kier alpha value is -1.92. The molecule has 2 aromatic rings. The molecule has 0 radical (unpaired) electrons. The van der Waals surface area contributed by atoms with Crippen LogP contribution in [-0.4, -0.2) is 40.8 Å². The van der Waals surface area contributed by atoms with Crippen molar-refractivity contribution in [1.29, 1.82) is 0 Å². The van der Waals surface area contributed by atoms with Crippen molar-refractivity contribution in [2.45, 2.75) is 28.8 Å². The van der Waals surface area contributed by atoms with E-state index in [9.17, 15) is 21.6 Å². The molecular formula is C18H23N3O5S3. The van der Waals surface area contributed by atoms with Crippen LogP contribution in [0.1, 0.15) is 12.0 Å². The number of carbonyl (C=O) groups excluding carboxylic acids is 1. The van der Waals surface area contributed by atoms with Crippen molar-refractivity contribution in [2.75, 3.05) is 12.0 Å². The Morgan fingerprint density at radius 2 is 1.62 bits per heavy atom. The first kappa shape index (κ1) is 23.4. The molecule has 0 saturated heterocycles.